The first-order valence-electron chi connectivity index (χ1n) is 11.9. The first-order chi connectivity index (χ1) is 16.8. The Morgan fingerprint density at radius 3 is 2.31 bits per heavy atom. The van der Waals surface area contributed by atoms with Crippen LogP contribution in [0.1, 0.15) is 28.8 Å². The highest BCUT2D eigenvalue weighted by molar-refractivity contribution is 6.13. The van der Waals surface area contributed by atoms with Crippen LogP contribution in [0.25, 0.3) is 10.8 Å². The molecule has 5 rings (SSSR count). The summed E-state index contributed by atoms with van der Waals surface area (Å²) in [5.41, 5.74) is 1.48. The number of pyridine rings is 1. The fourth-order valence-corrected chi connectivity index (χ4v) is 4.92. The first kappa shape index (κ1) is 23.4. The van der Waals surface area contributed by atoms with Crippen LogP contribution >= 0.6 is 0 Å². The average Bonchev–Trinajstić information content (AvgIpc) is 3.39. The largest absolute Gasteiger partial charge is 0.416 e. The highest BCUT2D eigenvalue weighted by Crippen LogP contribution is 2.36. The normalized spacial score (nSPS) is 17.3. The summed E-state index contributed by atoms with van der Waals surface area (Å²) >= 11 is 0. The molecule has 9 heteroatoms. The van der Waals surface area contributed by atoms with E-state index < -0.39 is 17.6 Å². The number of rotatable bonds is 4. The van der Waals surface area contributed by atoms with Gasteiger partial charge in [-0.15, -0.1) is 0 Å². The number of benzene rings is 2. The van der Waals surface area contributed by atoms with E-state index in [1.54, 1.807) is 12.4 Å². The molecule has 1 aromatic heterocycles. The zero-order chi connectivity index (χ0) is 24.6. The number of piperazine rings is 1. The summed E-state index contributed by atoms with van der Waals surface area (Å²) in [4.78, 5) is 24.1. The maximum atomic E-state index is 13.4. The van der Waals surface area contributed by atoms with Crippen molar-refractivity contribution in [2.24, 2.45) is 0 Å². The minimum absolute atomic E-state index is 0.236. The van der Waals surface area contributed by atoms with Crippen molar-refractivity contribution in [1.29, 1.82) is 0 Å². The summed E-state index contributed by atoms with van der Waals surface area (Å²) < 4.78 is 40.2. The summed E-state index contributed by atoms with van der Waals surface area (Å²) in [5.74, 6) is -0.432. The topological polar surface area (TPSA) is 51.7 Å². The lowest BCUT2D eigenvalue weighted by Gasteiger charge is -2.34. The Hall–Kier alpha value is -3.33. The van der Waals surface area contributed by atoms with E-state index in [4.69, 9.17) is 0 Å². The molecule has 2 fully saturated rings. The second-order valence-corrected chi connectivity index (χ2v) is 9.22. The summed E-state index contributed by atoms with van der Waals surface area (Å²) in [6, 6.07) is 9.14. The molecule has 0 spiro atoms. The summed E-state index contributed by atoms with van der Waals surface area (Å²) in [6.45, 7) is 5.02. The highest BCUT2D eigenvalue weighted by atomic mass is 19.4. The van der Waals surface area contributed by atoms with Crippen molar-refractivity contribution in [1.82, 2.24) is 9.88 Å². The molecule has 2 aliphatic rings. The number of alkyl halides is 3. The molecule has 6 nitrogen and oxygen atoms in total. The number of nitrogens with one attached hydrogen (secondary N) is 1. The van der Waals surface area contributed by atoms with Crippen molar-refractivity contribution in [3.05, 3.63) is 59.9 Å². The van der Waals surface area contributed by atoms with Crippen LogP contribution < -0.4 is 15.1 Å². The van der Waals surface area contributed by atoms with Crippen molar-refractivity contribution in [3.63, 3.8) is 0 Å². The van der Waals surface area contributed by atoms with Crippen LogP contribution in [0.4, 0.5) is 30.2 Å². The standard InChI is InChI=1S/C26H28F3N5O/c1-32-12-14-34(15-13-32)23-7-6-22(21-17-30-9-8-19(21)23)31-25(35)20-5-4-18(26(27,28)29)16-24(20)33-10-2-3-11-33/h4-9,16-17H,2-3,10-15H2,1H3,(H,31,35). The van der Waals surface area contributed by atoms with Crippen LogP contribution in [0.2, 0.25) is 0 Å². The molecule has 0 radical (unpaired) electrons. The highest BCUT2D eigenvalue weighted by Gasteiger charge is 2.33. The lowest BCUT2D eigenvalue weighted by Crippen LogP contribution is -2.44. The molecule has 35 heavy (non-hydrogen) atoms. The zero-order valence-corrected chi connectivity index (χ0v) is 19.6. The molecule has 0 atom stereocenters. The minimum Gasteiger partial charge on any atom is -0.371 e. The molecule has 3 aromatic rings. The van der Waals surface area contributed by atoms with Crippen LogP contribution in [-0.4, -0.2) is 62.1 Å². The van der Waals surface area contributed by atoms with E-state index in [1.807, 2.05) is 23.1 Å². The van der Waals surface area contributed by atoms with Crippen LogP contribution in [-0.2, 0) is 6.18 Å². The maximum Gasteiger partial charge on any atom is 0.416 e. The van der Waals surface area contributed by atoms with Crippen LogP contribution in [0.3, 0.4) is 0 Å². The predicted molar refractivity (Wildman–Crippen MR) is 132 cm³/mol. The molecule has 0 saturated carbocycles. The van der Waals surface area contributed by atoms with Gasteiger partial charge in [0.15, 0.2) is 0 Å². The number of amides is 1. The minimum atomic E-state index is -4.47. The average molecular weight is 484 g/mol. The van der Waals surface area contributed by atoms with Crippen molar-refractivity contribution in [3.8, 4) is 0 Å². The molecular weight excluding hydrogens is 455 g/mol. The van der Waals surface area contributed by atoms with Crippen LogP contribution in [0.5, 0.6) is 0 Å². The summed E-state index contributed by atoms with van der Waals surface area (Å²) in [5, 5.41) is 4.73. The van der Waals surface area contributed by atoms with E-state index in [0.717, 1.165) is 67.6 Å². The van der Waals surface area contributed by atoms with Crippen molar-refractivity contribution < 1.29 is 18.0 Å². The third kappa shape index (κ3) is 4.77. The second kappa shape index (κ2) is 9.37. The smallest absolute Gasteiger partial charge is 0.371 e. The predicted octanol–water partition coefficient (Wildman–Crippen LogP) is 4.86. The van der Waals surface area contributed by atoms with Crippen molar-refractivity contribution in [2.75, 3.05) is 61.4 Å². The second-order valence-electron chi connectivity index (χ2n) is 9.22. The molecular formula is C26H28F3N5O. The van der Waals surface area contributed by atoms with E-state index in [1.165, 1.54) is 6.07 Å². The third-order valence-electron chi connectivity index (χ3n) is 6.90. The molecule has 3 heterocycles. The molecule has 1 N–H and O–H groups in total. The summed E-state index contributed by atoms with van der Waals surface area (Å²) in [6.07, 6.45) is 0.765. The van der Waals surface area contributed by atoms with Crippen molar-refractivity contribution in [2.45, 2.75) is 19.0 Å². The number of fused-ring (bicyclic) bond motifs is 1. The Balaban J connectivity index is 1.48. The zero-order valence-electron chi connectivity index (χ0n) is 19.6. The van der Waals surface area contributed by atoms with E-state index >= 15 is 0 Å². The van der Waals surface area contributed by atoms with Gasteiger partial charge in [0.05, 0.1) is 22.5 Å². The maximum absolute atomic E-state index is 13.4. The molecule has 2 saturated heterocycles. The van der Waals surface area contributed by atoms with Gasteiger partial charge in [0, 0.05) is 68.1 Å². The van der Waals surface area contributed by atoms with Gasteiger partial charge in [-0.1, -0.05) is 0 Å². The number of likely N-dealkylation sites (N-methyl/N-ethyl adjacent to an activating group) is 1. The van der Waals surface area contributed by atoms with Gasteiger partial charge in [-0.05, 0) is 56.3 Å². The van der Waals surface area contributed by atoms with Gasteiger partial charge in [0.2, 0.25) is 0 Å². The summed E-state index contributed by atoms with van der Waals surface area (Å²) in [7, 11) is 2.11. The van der Waals surface area contributed by atoms with Gasteiger partial charge in [0.1, 0.15) is 0 Å². The number of carbonyl (C=O) groups excluding carboxylic acids is 1. The van der Waals surface area contributed by atoms with Crippen LogP contribution in [0.15, 0.2) is 48.8 Å². The third-order valence-corrected chi connectivity index (χ3v) is 6.90. The molecule has 0 bridgehead atoms. The molecule has 184 valence electrons. The van der Waals surface area contributed by atoms with E-state index in [9.17, 15) is 18.0 Å². The number of aromatic nitrogens is 1. The lowest BCUT2D eigenvalue weighted by molar-refractivity contribution is -0.137. The molecule has 2 aliphatic heterocycles. The molecule has 0 aliphatic carbocycles. The number of hydrogen-bond acceptors (Lipinski definition) is 5. The van der Waals surface area contributed by atoms with Gasteiger partial charge in [0.25, 0.3) is 5.91 Å². The number of anilines is 3. The fraction of sp³-hybridized carbons (Fsp3) is 0.385. The van der Waals surface area contributed by atoms with E-state index in [2.05, 4.69) is 27.1 Å². The van der Waals surface area contributed by atoms with Crippen LogP contribution in [0, 0.1) is 0 Å². The van der Waals surface area contributed by atoms with Gasteiger partial charge in [-0.25, -0.2) is 0 Å². The molecule has 2 aromatic carbocycles. The SMILES string of the molecule is CN1CCN(c2ccc(NC(=O)c3ccc(C(F)(F)F)cc3N3CCCC3)c3cnccc23)CC1. The van der Waals surface area contributed by atoms with Gasteiger partial charge in [-0.3, -0.25) is 9.78 Å². The molecule has 1 amide bonds. The van der Waals surface area contributed by atoms with Gasteiger partial charge < -0.3 is 20.0 Å². The van der Waals surface area contributed by atoms with Gasteiger partial charge in [-0.2, -0.15) is 13.2 Å². The number of hydrogen-bond donors (Lipinski definition) is 1. The van der Waals surface area contributed by atoms with E-state index in [0.29, 0.717) is 24.5 Å². The molecule has 0 unspecified atom stereocenters. The fourth-order valence-electron chi connectivity index (χ4n) is 4.92. The Kier molecular flexibility index (Phi) is 6.27. The number of halogens is 3. The Labute approximate surface area is 202 Å². The van der Waals surface area contributed by atoms with Crippen molar-refractivity contribution >= 4 is 33.7 Å². The monoisotopic (exact) mass is 483 g/mol. The van der Waals surface area contributed by atoms with Gasteiger partial charge >= 0.3 is 6.18 Å². The lowest BCUT2D eigenvalue weighted by atomic mass is 10.0. The number of nitrogens with zero attached hydrogens (tertiary/aromatic N) is 4. The Bertz CT molecular complexity index is 1230. The Morgan fingerprint density at radius 2 is 1.60 bits per heavy atom. The quantitative estimate of drug-likeness (QED) is 0.575. The first-order valence-corrected chi connectivity index (χ1v) is 11.9. The van der Waals surface area contributed by atoms with E-state index in [-0.39, 0.29) is 5.56 Å². The number of carbonyl (C=O) groups is 1. The Morgan fingerprint density at radius 1 is 0.886 bits per heavy atom.